The molecule has 1 atom stereocenters. The lowest BCUT2D eigenvalue weighted by molar-refractivity contribution is -0.152. The molecule has 17 heavy (non-hydrogen) atoms. The molecule has 2 rings (SSSR count). The van der Waals surface area contributed by atoms with Crippen molar-refractivity contribution in [2.24, 2.45) is 0 Å². The summed E-state index contributed by atoms with van der Waals surface area (Å²) in [6.45, 7) is 1.72. The molecular formula is C12H11F2NO2. The number of benzene rings is 1. The summed E-state index contributed by atoms with van der Waals surface area (Å²) in [5, 5.41) is 0.539. The van der Waals surface area contributed by atoms with E-state index in [0.717, 1.165) is 4.57 Å². The minimum atomic E-state index is -1.90. The van der Waals surface area contributed by atoms with Crippen LogP contribution < -0.4 is 0 Å². The second kappa shape index (κ2) is 4.53. The second-order valence-corrected chi connectivity index (χ2v) is 3.51. The van der Waals surface area contributed by atoms with E-state index in [4.69, 9.17) is 0 Å². The smallest absolute Gasteiger partial charge is 0.362 e. The van der Waals surface area contributed by atoms with Crippen LogP contribution in [0.15, 0.2) is 30.5 Å². The zero-order valence-electron chi connectivity index (χ0n) is 9.19. The van der Waals surface area contributed by atoms with Gasteiger partial charge in [0.2, 0.25) is 0 Å². The summed E-state index contributed by atoms with van der Waals surface area (Å²) in [6, 6.07) is 5.47. The SMILES string of the molecule is CCOC(=O)C(F)n1ccc2cc(F)ccc21. The minimum Gasteiger partial charge on any atom is -0.462 e. The molecule has 0 aliphatic heterocycles. The number of esters is 1. The van der Waals surface area contributed by atoms with E-state index in [9.17, 15) is 13.6 Å². The highest BCUT2D eigenvalue weighted by Gasteiger charge is 2.21. The Labute approximate surface area is 96.6 Å². The Balaban J connectivity index is 2.39. The molecule has 1 aromatic heterocycles. The third-order valence-electron chi connectivity index (χ3n) is 2.41. The average molecular weight is 239 g/mol. The van der Waals surface area contributed by atoms with Gasteiger partial charge in [-0.15, -0.1) is 0 Å². The van der Waals surface area contributed by atoms with Crippen molar-refractivity contribution in [2.75, 3.05) is 6.61 Å². The van der Waals surface area contributed by atoms with E-state index in [0.29, 0.717) is 10.9 Å². The Kier molecular flexibility index (Phi) is 3.08. The summed E-state index contributed by atoms with van der Waals surface area (Å²) >= 11 is 0. The van der Waals surface area contributed by atoms with Crippen molar-refractivity contribution in [3.63, 3.8) is 0 Å². The summed E-state index contributed by atoms with van der Waals surface area (Å²) in [6.07, 6.45) is -0.510. The number of alkyl halides is 1. The summed E-state index contributed by atoms with van der Waals surface area (Å²) in [4.78, 5) is 11.3. The van der Waals surface area contributed by atoms with Crippen molar-refractivity contribution in [3.8, 4) is 0 Å². The normalized spacial score (nSPS) is 12.6. The van der Waals surface area contributed by atoms with Gasteiger partial charge in [-0.25, -0.2) is 13.6 Å². The zero-order chi connectivity index (χ0) is 12.4. The van der Waals surface area contributed by atoms with Crippen molar-refractivity contribution < 1.29 is 18.3 Å². The van der Waals surface area contributed by atoms with Crippen LogP contribution >= 0.6 is 0 Å². The summed E-state index contributed by atoms with van der Waals surface area (Å²) in [5.74, 6) is -1.35. The molecule has 0 saturated carbocycles. The number of aromatic nitrogens is 1. The van der Waals surface area contributed by atoms with E-state index in [2.05, 4.69) is 4.74 Å². The molecule has 1 aromatic carbocycles. The van der Waals surface area contributed by atoms with Crippen molar-refractivity contribution in [1.29, 1.82) is 0 Å². The Hall–Kier alpha value is -1.91. The monoisotopic (exact) mass is 239 g/mol. The molecule has 1 heterocycles. The molecule has 0 aliphatic carbocycles. The first-order valence-corrected chi connectivity index (χ1v) is 5.20. The number of fused-ring (bicyclic) bond motifs is 1. The van der Waals surface area contributed by atoms with Crippen molar-refractivity contribution in [1.82, 2.24) is 4.57 Å². The summed E-state index contributed by atoms with van der Waals surface area (Å²) in [7, 11) is 0. The zero-order valence-corrected chi connectivity index (χ0v) is 9.19. The third-order valence-corrected chi connectivity index (χ3v) is 2.41. The standard InChI is InChI=1S/C12H11F2NO2/c1-2-17-12(16)11(14)15-6-5-8-7-9(13)3-4-10(8)15/h3-7,11H,2H2,1H3. The lowest BCUT2D eigenvalue weighted by Gasteiger charge is -2.10. The first-order chi connectivity index (χ1) is 8.13. The van der Waals surface area contributed by atoms with Gasteiger partial charge in [0.15, 0.2) is 0 Å². The fourth-order valence-corrected chi connectivity index (χ4v) is 1.66. The van der Waals surface area contributed by atoms with Crippen LogP contribution in [-0.2, 0) is 9.53 Å². The van der Waals surface area contributed by atoms with Crippen LogP contribution in [0.4, 0.5) is 8.78 Å². The lowest BCUT2D eigenvalue weighted by Crippen LogP contribution is -2.17. The van der Waals surface area contributed by atoms with E-state index >= 15 is 0 Å². The fourth-order valence-electron chi connectivity index (χ4n) is 1.66. The van der Waals surface area contributed by atoms with Crippen LogP contribution in [0.1, 0.15) is 13.2 Å². The van der Waals surface area contributed by atoms with Crippen molar-refractivity contribution >= 4 is 16.9 Å². The van der Waals surface area contributed by atoms with Gasteiger partial charge in [0.1, 0.15) is 5.82 Å². The molecule has 0 radical (unpaired) electrons. The van der Waals surface area contributed by atoms with Gasteiger partial charge in [-0.3, -0.25) is 0 Å². The number of halogens is 2. The van der Waals surface area contributed by atoms with E-state index in [1.807, 2.05) is 0 Å². The number of ether oxygens (including phenoxy) is 1. The van der Waals surface area contributed by atoms with Crippen LogP contribution in [0.25, 0.3) is 10.9 Å². The molecule has 0 bridgehead atoms. The molecule has 0 fully saturated rings. The van der Waals surface area contributed by atoms with Crippen LogP contribution in [0, 0.1) is 5.82 Å². The van der Waals surface area contributed by atoms with Gasteiger partial charge in [0, 0.05) is 11.6 Å². The van der Waals surface area contributed by atoms with Gasteiger partial charge in [-0.05, 0) is 31.2 Å². The largest absolute Gasteiger partial charge is 0.462 e. The van der Waals surface area contributed by atoms with Gasteiger partial charge in [0.05, 0.1) is 12.1 Å². The second-order valence-electron chi connectivity index (χ2n) is 3.51. The molecule has 0 aliphatic rings. The number of hydrogen-bond donors (Lipinski definition) is 0. The number of hydrogen-bond acceptors (Lipinski definition) is 2. The van der Waals surface area contributed by atoms with Gasteiger partial charge in [-0.2, -0.15) is 0 Å². The lowest BCUT2D eigenvalue weighted by atomic mass is 10.2. The van der Waals surface area contributed by atoms with E-state index in [1.165, 1.54) is 24.4 Å². The Morgan fingerprint density at radius 3 is 2.94 bits per heavy atom. The first-order valence-electron chi connectivity index (χ1n) is 5.20. The molecule has 0 spiro atoms. The fraction of sp³-hybridized carbons (Fsp3) is 0.250. The highest BCUT2D eigenvalue weighted by Crippen LogP contribution is 2.22. The number of nitrogens with zero attached hydrogens (tertiary/aromatic N) is 1. The van der Waals surface area contributed by atoms with Crippen molar-refractivity contribution in [3.05, 3.63) is 36.3 Å². The number of carbonyl (C=O) groups excluding carboxylic acids is 1. The maximum Gasteiger partial charge on any atom is 0.362 e. The quantitative estimate of drug-likeness (QED) is 0.771. The van der Waals surface area contributed by atoms with E-state index < -0.39 is 18.1 Å². The average Bonchev–Trinajstić information content (AvgIpc) is 2.71. The maximum absolute atomic E-state index is 13.8. The van der Waals surface area contributed by atoms with Gasteiger partial charge >= 0.3 is 5.97 Å². The topological polar surface area (TPSA) is 31.2 Å². The Morgan fingerprint density at radius 1 is 1.47 bits per heavy atom. The van der Waals surface area contributed by atoms with Gasteiger partial charge in [-0.1, -0.05) is 0 Å². The van der Waals surface area contributed by atoms with Crippen LogP contribution in [0.5, 0.6) is 0 Å². The first kappa shape index (κ1) is 11.6. The molecular weight excluding hydrogens is 228 g/mol. The highest BCUT2D eigenvalue weighted by molar-refractivity contribution is 5.83. The molecule has 5 heteroatoms. The molecule has 2 aromatic rings. The van der Waals surface area contributed by atoms with Crippen molar-refractivity contribution in [2.45, 2.75) is 13.2 Å². The minimum absolute atomic E-state index is 0.118. The van der Waals surface area contributed by atoms with E-state index in [-0.39, 0.29) is 6.61 Å². The molecule has 3 nitrogen and oxygen atoms in total. The van der Waals surface area contributed by atoms with Gasteiger partial charge < -0.3 is 9.30 Å². The van der Waals surface area contributed by atoms with E-state index in [1.54, 1.807) is 13.0 Å². The third kappa shape index (κ3) is 2.13. The number of carbonyl (C=O) groups is 1. The van der Waals surface area contributed by atoms with Gasteiger partial charge in [0.25, 0.3) is 6.30 Å². The Bertz CT molecular complexity index is 550. The maximum atomic E-state index is 13.8. The molecule has 90 valence electrons. The molecule has 0 N–H and O–H groups in total. The summed E-state index contributed by atoms with van der Waals surface area (Å²) < 4.78 is 32.4. The number of rotatable bonds is 3. The molecule has 1 unspecified atom stereocenters. The highest BCUT2D eigenvalue weighted by atomic mass is 19.1. The Morgan fingerprint density at radius 2 is 2.24 bits per heavy atom. The van der Waals surface area contributed by atoms with Crippen LogP contribution in [0.3, 0.4) is 0 Å². The predicted octanol–water partition coefficient (Wildman–Crippen LogP) is 2.81. The predicted molar refractivity (Wildman–Crippen MR) is 58.7 cm³/mol. The summed E-state index contributed by atoms with van der Waals surface area (Å²) in [5.41, 5.74) is 0.451. The van der Waals surface area contributed by atoms with Crippen LogP contribution in [-0.4, -0.2) is 17.1 Å². The molecule has 0 amide bonds. The van der Waals surface area contributed by atoms with Crippen LogP contribution in [0.2, 0.25) is 0 Å². The molecule has 0 saturated heterocycles.